The number of amides is 1. The number of carbonyl (C=O) groups excluding carboxylic acids is 1. The molecule has 2 aromatic carbocycles. The van der Waals surface area contributed by atoms with Gasteiger partial charge in [0.25, 0.3) is 0 Å². The first kappa shape index (κ1) is 16.2. The maximum Gasteiger partial charge on any atom is 0.326 e. The van der Waals surface area contributed by atoms with Gasteiger partial charge in [0, 0.05) is 19.4 Å². The van der Waals surface area contributed by atoms with Crippen molar-refractivity contribution in [2.24, 2.45) is 0 Å². The van der Waals surface area contributed by atoms with E-state index in [-0.39, 0.29) is 18.1 Å². The Morgan fingerprint density at radius 1 is 1.08 bits per heavy atom. The van der Waals surface area contributed by atoms with Gasteiger partial charge in [0.1, 0.15) is 11.9 Å². The quantitative estimate of drug-likeness (QED) is 0.939. The van der Waals surface area contributed by atoms with Crippen LogP contribution in [0.3, 0.4) is 0 Å². The number of benzene rings is 2. The van der Waals surface area contributed by atoms with Crippen LogP contribution in [0, 0.1) is 5.82 Å². The summed E-state index contributed by atoms with van der Waals surface area (Å²) in [6, 6.07) is 12.8. The maximum absolute atomic E-state index is 12.9. The molecule has 1 aliphatic heterocycles. The van der Waals surface area contributed by atoms with E-state index in [2.05, 4.69) is 0 Å². The zero-order valence-electron chi connectivity index (χ0n) is 13.1. The number of halogens is 1. The Balaban J connectivity index is 1.72. The van der Waals surface area contributed by atoms with E-state index in [1.807, 2.05) is 24.3 Å². The predicted octanol–water partition coefficient (Wildman–Crippen LogP) is 2.80. The summed E-state index contributed by atoms with van der Waals surface area (Å²) >= 11 is 0. The number of aryl methyl sites for hydroxylation is 1. The van der Waals surface area contributed by atoms with E-state index < -0.39 is 12.0 Å². The van der Waals surface area contributed by atoms with E-state index in [4.69, 9.17) is 0 Å². The normalized spacial score (nSPS) is 16.5. The van der Waals surface area contributed by atoms with Gasteiger partial charge in [-0.2, -0.15) is 0 Å². The molecule has 0 saturated heterocycles. The lowest BCUT2D eigenvalue weighted by Crippen LogP contribution is -2.48. The third-order valence-corrected chi connectivity index (χ3v) is 4.39. The van der Waals surface area contributed by atoms with Gasteiger partial charge in [0.15, 0.2) is 0 Å². The van der Waals surface area contributed by atoms with Gasteiger partial charge in [-0.3, -0.25) is 4.79 Å². The molecule has 5 heteroatoms. The Hall–Kier alpha value is -2.69. The van der Waals surface area contributed by atoms with Crippen LogP contribution in [0.4, 0.5) is 4.39 Å². The SMILES string of the molecule is O=C(O)C1Cc2ccccc2CN1C(=O)CCc1ccc(F)cc1. The number of carbonyl (C=O) groups is 2. The Morgan fingerprint density at radius 3 is 2.42 bits per heavy atom. The van der Waals surface area contributed by atoms with Crippen LogP contribution < -0.4 is 0 Å². The molecule has 124 valence electrons. The second-order valence-electron chi connectivity index (χ2n) is 5.97. The number of aliphatic carboxylic acids is 1. The van der Waals surface area contributed by atoms with Gasteiger partial charge >= 0.3 is 5.97 Å². The zero-order valence-corrected chi connectivity index (χ0v) is 13.1. The lowest BCUT2D eigenvalue weighted by molar-refractivity contribution is -0.151. The number of rotatable bonds is 4. The summed E-state index contributed by atoms with van der Waals surface area (Å²) in [7, 11) is 0. The number of hydrogen-bond acceptors (Lipinski definition) is 2. The first-order valence-corrected chi connectivity index (χ1v) is 7.88. The number of hydrogen-bond donors (Lipinski definition) is 1. The summed E-state index contributed by atoms with van der Waals surface area (Å²) in [5.74, 6) is -1.50. The molecule has 24 heavy (non-hydrogen) atoms. The van der Waals surface area contributed by atoms with Crippen LogP contribution in [0.5, 0.6) is 0 Å². The predicted molar refractivity (Wildman–Crippen MR) is 86.8 cm³/mol. The fourth-order valence-corrected chi connectivity index (χ4v) is 3.05. The van der Waals surface area contributed by atoms with Crippen LogP contribution in [0.1, 0.15) is 23.1 Å². The van der Waals surface area contributed by atoms with Crippen LogP contribution in [-0.4, -0.2) is 27.9 Å². The van der Waals surface area contributed by atoms with Crippen molar-refractivity contribution < 1.29 is 19.1 Å². The highest BCUT2D eigenvalue weighted by Gasteiger charge is 2.33. The molecule has 1 unspecified atom stereocenters. The van der Waals surface area contributed by atoms with Gasteiger partial charge in [0.2, 0.25) is 5.91 Å². The van der Waals surface area contributed by atoms with Gasteiger partial charge < -0.3 is 10.0 Å². The number of carboxylic acids is 1. The molecule has 1 N–H and O–H groups in total. The van der Waals surface area contributed by atoms with Crippen molar-refractivity contribution in [2.75, 3.05) is 0 Å². The molecule has 1 heterocycles. The molecule has 0 aliphatic carbocycles. The fraction of sp³-hybridized carbons (Fsp3) is 0.263. The molecule has 0 aromatic heterocycles. The summed E-state index contributed by atoms with van der Waals surface area (Å²) in [5, 5.41) is 9.46. The van der Waals surface area contributed by atoms with Crippen molar-refractivity contribution >= 4 is 11.9 Å². The number of fused-ring (bicyclic) bond motifs is 1. The summed E-state index contributed by atoms with van der Waals surface area (Å²) < 4.78 is 12.9. The van der Waals surface area contributed by atoms with Crippen molar-refractivity contribution in [1.29, 1.82) is 0 Å². The van der Waals surface area contributed by atoms with Crippen molar-refractivity contribution in [2.45, 2.75) is 31.8 Å². The van der Waals surface area contributed by atoms with Gasteiger partial charge in [0.05, 0.1) is 0 Å². The highest BCUT2D eigenvalue weighted by atomic mass is 19.1. The minimum atomic E-state index is -0.986. The zero-order chi connectivity index (χ0) is 17.1. The minimum Gasteiger partial charge on any atom is -0.480 e. The third-order valence-electron chi connectivity index (χ3n) is 4.39. The standard InChI is InChI=1S/C19H18FNO3/c20-16-8-5-13(6-9-16)7-10-18(22)21-12-15-4-2-1-3-14(15)11-17(21)19(23)24/h1-6,8-9,17H,7,10-12H2,(H,23,24). The Bertz CT molecular complexity index is 757. The summed E-state index contributed by atoms with van der Waals surface area (Å²) in [6.45, 7) is 0.315. The van der Waals surface area contributed by atoms with Crippen molar-refractivity contribution in [3.05, 3.63) is 71.0 Å². The molecule has 0 fully saturated rings. The largest absolute Gasteiger partial charge is 0.480 e. The Morgan fingerprint density at radius 2 is 1.75 bits per heavy atom. The van der Waals surface area contributed by atoms with Crippen LogP contribution >= 0.6 is 0 Å². The van der Waals surface area contributed by atoms with Gasteiger partial charge in [-0.05, 0) is 35.2 Å². The molecule has 1 atom stereocenters. The fourth-order valence-electron chi connectivity index (χ4n) is 3.05. The second kappa shape index (κ2) is 6.83. The maximum atomic E-state index is 12.9. The first-order chi connectivity index (χ1) is 11.5. The summed E-state index contributed by atoms with van der Waals surface area (Å²) in [6.07, 6.45) is 0.995. The van der Waals surface area contributed by atoms with Crippen molar-refractivity contribution in [1.82, 2.24) is 4.90 Å². The molecular weight excluding hydrogens is 309 g/mol. The topological polar surface area (TPSA) is 57.6 Å². The van der Waals surface area contributed by atoms with Crippen LogP contribution in [-0.2, 0) is 29.0 Å². The summed E-state index contributed by atoms with van der Waals surface area (Å²) in [5.41, 5.74) is 2.83. The third kappa shape index (κ3) is 3.45. The second-order valence-corrected chi connectivity index (χ2v) is 5.97. The molecule has 0 spiro atoms. The molecule has 0 bridgehead atoms. The van der Waals surface area contributed by atoms with Crippen molar-refractivity contribution in [3.8, 4) is 0 Å². The Labute approximate surface area is 139 Å². The average molecular weight is 327 g/mol. The van der Waals surface area contributed by atoms with Crippen molar-refractivity contribution in [3.63, 3.8) is 0 Å². The molecule has 3 rings (SSSR count). The molecule has 4 nitrogen and oxygen atoms in total. The molecule has 0 radical (unpaired) electrons. The van der Waals surface area contributed by atoms with Crippen LogP contribution in [0.15, 0.2) is 48.5 Å². The van der Waals surface area contributed by atoms with Crippen LogP contribution in [0.2, 0.25) is 0 Å². The first-order valence-electron chi connectivity index (χ1n) is 7.88. The van der Waals surface area contributed by atoms with E-state index in [0.717, 1.165) is 16.7 Å². The van der Waals surface area contributed by atoms with Crippen LogP contribution in [0.25, 0.3) is 0 Å². The molecule has 1 amide bonds. The van der Waals surface area contributed by atoms with Gasteiger partial charge in [-0.25, -0.2) is 9.18 Å². The lowest BCUT2D eigenvalue weighted by atomic mass is 9.93. The lowest BCUT2D eigenvalue weighted by Gasteiger charge is -2.34. The van der Waals surface area contributed by atoms with E-state index in [9.17, 15) is 19.1 Å². The molecule has 1 aliphatic rings. The minimum absolute atomic E-state index is 0.193. The highest BCUT2D eigenvalue weighted by Crippen LogP contribution is 2.24. The monoisotopic (exact) mass is 327 g/mol. The van der Waals surface area contributed by atoms with Gasteiger partial charge in [-0.1, -0.05) is 36.4 Å². The molecule has 2 aromatic rings. The molecular formula is C19H18FNO3. The molecule has 0 saturated carbocycles. The average Bonchev–Trinajstić information content (AvgIpc) is 2.59. The van der Waals surface area contributed by atoms with Gasteiger partial charge in [-0.15, -0.1) is 0 Å². The van der Waals surface area contributed by atoms with E-state index in [1.54, 1.807) is 12.1 Å². The van der Waals surface area contributed by atoms with E-state index in [1.165, 1.54) is 17.0 Å². The van der Waals surface area contributed by atoms with E-state index >= 15 is 0 Å². The Kier molecular flexibility index (Phi) is 4.60. The highest BCUT2D eigenvalue weighted by molar-refractivity contribution is 5.84. The summed E-state index contributed by atoms with van der Waals surface area (Å²) in [4.78, 5) is 25.5. The van der Waals surface area contributed by atoms with E-state index in [0.29, 0.717) is 19.4 Å². The smallest absolute Gasteiger partial charge is 0.326 e. The number of nitrogens with zero attached hydrogens (tertiary/aromatic N) is 1. The number of carboxylic acid groups (broad SMARTS) is 1.